The summed E-state index contributed by atoms with van der Waals surface area (Å²) in [7, 11) is 1.60. The number of nitrogens with two attached hydrogens (primary N) is 1. The molecule has 0 aliphatic heterocycles. The lowest BCUT2D eigenvalue weighted by Gasteiger charge is -2.16. The number of anilines is 1. The molecular weight excluding hydrogens is 252 g/mol. The molecular formula is C15H20N4O. The van der Waals surface area contributed by atoms with Gasteiger partial charge in [0.1, 0.15) is 11.6 Å². The Balaban J connectivity index is 2.13. The van der Waals surface area contributed by atoms with E-state index in [0.29, 0.717) is 18.2 Å². The molecule has 1 unspecified atom stereocenters. The van der Waals surface area contributed by atoms with Crippen LogP contribution in [0.5, 0.6) is 5.88 Å². The number of hydrogen-bond donors (Lipinski definition) is 2. The molecule has 106 valence electrons. The Kier molecular flexibility index (Phi) is 4.53. The third kappa shape index (κ3) is 3.45. The maximum atomic E-state index is 5.60. The van der Waals surface area contributed by atoms with Crippen molar-refractivity contribution in [2.75, 3.05) is 12.4 Å². The number of nitrogens with zero attached hydrogens (tertiary/aromatic N) is 2. The van der Waals surface area contributed by atoms with Crippen molar-refractivity contribution in [2.45, 2.75) is 26.4 Å². The van der Waals surface area contributed by atoms with E-state index in [1.165, 1.54) is 5.56 Å². The zero-order valence-corrected chi connectivity index (χ0v) is 12.1. The molecule has 0 radical (unpaired) electrons. The number of benzene rings is 1. The van der Waals surface area contributed by atoms with Crippen LogP contribution in [0.3, 0.4) is 0 Å². The van der Waals surface area contributed by atoms with E-state index in [1.54, 1.807) is 13.2 Å². The molecule has 5 nitrogen and oxygen atoms in total. The predicted molar refractivity (Wildman–Crippen MR) is 79.7 cm³/mol. The van der Waals surface area contributed by atoms with Gasteiger partial charge in [0.05, 0.1) is 7.11 Å². The Labute approximate surface area is 119 Å². The van der Waals surface area contributed by atoms with Crippen LogP contribution in [0, 0.1) is 6.92 Å². The van der Waals surface area contributed by atoms with Crippen molar-refractivity contribution in [3.05, 3.63) is 47.3 Å². The molecule has 3 N–H and O–H groups in total. The lowest BCUT2D eigenvalue weighted by Crippen LogP contribution is -2.09. The first-order chi connectivity index (χ1) is 9.62. The summed E-state index contributed by atoms with van der Waals surface area (Å²) in [6.45, 7) is 4.49. The highest BCUT2D eigenvalue weighted by Crippen LogP contribution is 2.20. The Morgan fingerprint density at radius 3 is 2.55 bits per heavy atom. The van der Waals surface area contributed by atoms with Gasteiger partial charge in [-0.05, 0) is 25.0 Å². The highest BCUT2D eigenvalue weighted by atomic mass is 16.5. The van der Waals surface area contributed by atoms with Crippen LogP contribution in [-0.4, -0.2) is 17.1 Å². The zero-order chi connectivity index (χ0) is 14.5. The van der Waals surface area contributed by atoms with E-state index in [0.717, 1.165) is 11.4 Å². The zero-order valence-electron chi connectivity index (χ0n) is 12.1. The first kappa shape index (κ1) is 14.3. The third-order valence-electron chi connectivity index (χ3n) is 3.10. The second kappa shape index (κ2) is 6.34. The van der Waals surface area contributed by atoms with Crippen molar-refractivity contribution in [3.8, 4) is 5.88 Å². The first-order valence-electron chi connectivity index (χ1n) is 6.57. The topological polar surface area (TPSA) is 73.1 Å². The first-order valence-corrected chi connectivity index (χ1v) is 6.57. The Hall–Kier alpha value is -2.14. The number of aryl methyl sites for hydroxylation is 1. The third-order valence-corrected chi connectivity index (χ3v) is 3.10. The van der Waals surface area contributed by atoms with Gasteiger partial charge in [0.25, 0.3) is 0 Å². The van der Waals surface area contributed by atoms with Gasteiger partial charge in [-0.15, -0.1) is 0 Å². The van der Waals surface area contributed by atoms with Crippen molar-refractivity contribution >= 4 is 5.82 Å². The number of nitrogens with one attached hydrogen (secondary N) is 1. The highest BCUT2D eigenvalue weighted by molar-refractivity contribution is 5.41. The Morgan fingerprint density at radius 2 is 1.95 bits per heavy atom. The van der Waals surface area contributed by atoms with Crippen LogP contribution in [0.2, 0.25) is 0 Å². The van der Waals surface area contributed by atoms with Crippen molar-refractivity contribution in [1.82, 2.24) is 9.97 Å². The van der Waals surface area contributed by atoms with E-state index in [2.05, 4.69) is 34.3 Å². The summed E-state index contributed by atoms with van der Waals surface area (Å²) >= 11 is 0. The summed E-state index contributed by atoms with van der Waals surface area (Å²) in [4.78, 5) is 8.53. The van der Waals surface area contributed by atoms with Gasteiger partial charge < -0.3 is 15.8 Å². The maximum Gasteiger partial charge on any atom is 0.218 e. The van der Waals surface area contributed by atoms with Crippen molar-refractivity contribution in [1.29, 1.82) is 0 Å². The summed E-state index contributed by atoms with van der Waals surface area (Å²) in [6, 6.07) is 10.2. The van der Waals surface area contributed by atoms with Crippen LogP contribution in [0.15, 0.2) is 30.3 Å². The van der Waals surface area contributed by atoms with E-state index < -0.39 is 0 Å². The molecule has 0 fully saturated rings. The minimum atomic E-state index is 0.140. The standard InChI is InChI=1S/C15H20N4O/c1-10(13-6-4-12(9-16)5-7-13)17-14-8-15(20-3)19-11(2)18-14/h4-8,10H,9,16H2,1-3H3,(H,17,18,19). The van der Waals surface area contributed by atoms with Gasteiger partial charge in [-0.3, -0.25) is 0 Å². The Morgan fingerprint density at radius 1 is 1.25 bits per heavy atom. The minimum Gasteiger partial charge on any atom is -0.481 e. The SMILES string of the molecule is COc1cc(NC(C)c2ccc(CN)cc2)nc(C)n1. The fraction of sp³-hybridized carbons (Fsp3) is 0.333. The summed E-state index contributed by atoms with van der Waals surface area (Å²) in [5.74, 6) is 1.99. The molecule has 2 rings (SSSR count). The van der Waals surface area contributed by atoms with E-state index in [9.17, 15) is 0 Å². The molecule has 0 aliphatic rings. The predicted octanol–water partition coefficient (Wildman–Crippen LogP) is 2.43. The van der Waals surface area contributed by atoms with Crippen LogP contribution >= 0.6 is 0 Å². The number of aromatic nitrogens is 2. The fourth-order valence-electron chi connectivity index (χ4n) is 1.97. The molecule has 1 aromatic heterocycles. The average molecular weight is 272 g/mol. The van der Waals surface area contributed by atoms with Crippen LogP contribution in [0.1, 0.15) is 29.9 Å². The van der Waals surface area contributed by atoms with Gasteiger partial charge in [-0.1, -0.05) is 24.3 Å². The van der Waals surface area contributed by atoms with E-state index in [4.69, 9.17) is 10.5 Å². The second-order valence-electron chi connectivity index (χ2n) is 4.65. The number of methoxy groups -OCH3 is 1. The molecule has 1 atom stereocenters. The van der Waals surface area contributed by atoms with Crippen LogP contribution in [0.4, 0.5) is 5.82 Å². The van der Waals surface area contributed by atoms with Gasteiger partial charge in [-0.25, -0.2) is 4.98 Å². The summed E-state index contributed by atoms with van der Waals surface area (Å²) in [6.07, 6.45) is 0. The van der Waals surface area contributed by atoms with E-state index in [1.807, 2.05) is 19.1 Å². The molecule has 2 aromatic rings. The van der Waals surface area contributed by atoms with Crippen LogP contribution < -0.4 is 15.8 Å². The van der Waals surface area contributed by atoms with Crippen LogP contribution in [0.25, 0.3) is 0 Å². The quantitative estimate of drug-likeness (QED) is 0.874. The second-order valence-corrected chi connectivity index (χ2v) is 4.65. The Bertz CT molecular complexity index is 569. The molecule has 0 saturated carbocycles. The maximum absolute atomic E-state index is 5.60. The molecule has 20 heavy (non-hydrogen) atoms. The van der Waals surface area contributed by atoms with Gasteiger partial charge in [0, 0.05) is 18.7 Å². The normalized spacial score (nSPS) is 12.0. The number of ether oxygens (including phenoxy) is 1. The van der Waals surface area contributed by atoms with Crippen molar-refractivity contribution in [2.24, 2.45) is 5.73 Å². The minimum absolute atomic E-state index is 0.140. The average Bonchev–Trinajstić information content (AvgIpc) is 2.46. The van der Waals surface area contributed by atoms with Gasteiger partial charge >= 0.3 is 0 Å². The highest BCUT2D eigenvalue weighted by Gasteiger charge is 2.08. The largest absolute Gasteiger partial charge is 0.481 e. The number of hydrogen-bond acceptors (Lipinski definition) is 5. The summed E-state index contributed by atoms with van der Waals surface area (Å²) in [5.41, 5.74) is 7.91. The molecule has 0 spiro atoms. The van der Waals surface area contributed by atoms with Gasteiger partial charge in [-0.2, -0.15) is 4.98 Å². The smallest absolute Gasteiger partial charge is 0.218 e. The molecule has 0 bridgehead atoms. The monoisotopic (exact) mass is 272 g/mol. The lowest BCUT2D eigenvalue weighted by atomic mass is 10.1. The van der Waals surface area contributed by atoms with Crippen LogP contribution in [-0.2, 0) is 6.54 Å². The molecule has 0 aliphatic carbocycles. The molecule has 1 heterocycles. The number of rotatable bonds is 5. The van der Waals surface area contributed by atoms with Crippen molar-refractivity contribution < 1.29 is 4.74 Å². The van der Waals surface area contributed by atoms with Gasteiger partial charge in [0.15, 0.2) is 0 Å². The summed E-state index contributed by atoms with van der Waals surface area (Å²) in [5, 5.41) is 3.35. The molecule has 5 heteroatoms. The van der Waals surface area contributed by atoms with E-state index in [-0.39, 0.29) is 6.04 Å². The van der Waals surface area contributed by atoms with E-state index >= 15 is 0 Å². The summed E-state index contributed by atoms with van der Waals surface area (Å²) < 4.78 is 5.15. The molecule has 0 saturated heterocycles. The molecule has 1 aromatic carbocycles. The van der Waals surface area contributed by atoms with Gasteiger partial charge in [0.2, 0.25) is 5.88 Å². The fourth-order valence-corrected chi connectivity index (χ4v) is 1.97. The molecule has 0 amide bonds. The lowest BCUT2D eigenvalue weighted by molar-refractivity contribution is 0.396. The van der Waals surface area contributed by atoms with Crippen molar-refractivity contribution in [3.63, 3.8) is 0 Å².